The SMILES string of the molecule is COc1cccc(NC(=O)[C@]23CC[C@@H](C)[C@H](C)[C@H]2C2=CC[C@@H]4[C@@]5(C)CC[C@H](OC(C)=O)C(C)(C)[C@@H]5CC[C@@]4(C)[C@]2(C)CC3)c1. The average Bonchev–Trinajstić information content (AvgIpc) is 2.96. The van der Waals surface area contributed by atoms with Crippen LogP contribution in [0.4, 0.5) is 5.69 Å². The van der Waals surface area contributed by atoms with Crippen LogP contribution < -0.4 is 10.1 Å². The number of allylic oxidation sites excluding steroid dienone is 2. The number of ether oxygens (including phenoxy) is 2. The minimum Gasteiger partial charge on any atom is -0.497 e. The van der Waals surface area contributed by atoms with Gasteiger partial charge in [0.2, 0.25) is 5.91 Å². The highest BCUT2D eigenvalue weighted by Gasteiger charge is 2.69. The van der Waals surface area contributed by atoms with E-state index in [0.29, 0.717) is 23.7 Å². The Morgan fingerprint density at radius 1 is 0.909 bits per heavy atom. The van der Waals surface area contributed by atoms with E-state index in [0.717, 1.165) is 56.4 Å². The molecule has 6 rings (SSSR count). The van der Waals surface area contributed by atoms with Crippen LogP contribution in [0.25, 0.3) is 0 Å². The fraction of sp³-hybridized carbons (Fsp3) is 0.744. The van der Waals surface area contributed by atoms with Crippen molar-refractivity contribution < 1.29 is 19.1 Å². The predicted molar refractivity (Wildman–Crippen MR) is 176 cm³/mol. The van der Waals surface area contributed by atoms with E-state index in [1.54, 1.807) is 19.6 Å². The number of amides is 1. The average molecular weight is 604 g/mol. The minimum atomic E-state index is -0.380. The molecule has 5 aliphatic rings. The van der Waals surface area contributed by atoms with Gasteiger partial charge in [0.25, 0.3) is 0 Å². The van der Waals surface area contributed by atoms with E-state index in [1.165, 1.54) is 12.8 Å². The molecule has 4 fully saturated rings. The molecule has 5 heteroatoms. The molecule has 1 amide bonds. The molecule has 5 nitrogen and oxygen atoms in total. The molecule has 10 atom stereocenters. The van der Waals surface area contributed by atoms with Crippen molar-refractivity contribution in [2.24, 2.45) is 56.7 Å². The van der Waals surface area contributed by atoms with Gasteiger partial charge in [0, 0.05) is 24.1 Å². The zero-order valence-corrected chi connectivity index (χ0v) is 28.8. The molecule has 1 aromatic carbocycles. The van der Waals surface area contributed by atoms with Crippen LogP contribution >= 0.6 is 0 Å². The topological polar surface area (TPSA) is 64.6 Å². The van der Waals surface area contributed by atoms with Gasteiger partial charge in [-0.05, 0) is 116 Å². The van der Waals surface area contributed by atoms with Crippen molar-refractivity contribution in [1.29, 1.82) is 0 Å². The number of esters is 1. The Kier molecular flexibility index (Phi) is 7.65. The maximum absolute atomic E-state index is 14.5. The Morgan fingerprint density at radius 3 is 2.36 bits per heavy atom. The molecule has 5 aliphatic carbocycles. The van der Waals surface area contributed by atoms with Gasteiger partial charge < -0.3 is 14.8 Å². The van der Waals surface area contributed by atoms with Crippen LogP contribution in [0.15, 0.2) is 35.9 Å². The van der Waals surface area contributed by atoms with Gasteiger partial charge in [0.05, 0.1) is 12.5 Å². The number of benzene rings is 1. The molecule has 242 valence electrons. The lowest BCUT2D eigenvalue weighted by atomic mass is 9.33. The number of anilines is 1. The molecule has 0 aromatic heterocycles. The van der Waals surface area contributed by atoms with Gasteiger partial charge in [0.1, 0.15) is 11.9 Å². The summed E-state index contributed by atoms with van der Waals surface area (Å²) in [5.41, 5.74) is 2.43. The maximum atomic E-state index is 14.5. The lowest BCUT2D eigenvalue weighted by molar-refractivity contribution is -0.212. The predicted octanol–water partition coefficient (Wildman–Crippen LogP) is 9.22. The third-order valence-corrected chi connectivity index (χ3v) is 15.0. The van der Waals surface area contributed by atoms with Gasteiger partial charge in [-0.15, -0.1) is 0 Å². The quantitative estimate of drug-likeness (QED) is 0.275. The molecule has 44 heavy (non-hydrogen) atoms. The van der Waals surface area contributed by atoms with E-state index in [-0.39, 0.29) is 51.0 Å². The number of fused-ring (bicyclic) bond motifs is 7. The number of hydrogen-bond donors (Lipinski definition) is 1. The molecule has 0 saturated heterocycles. The van der Waals surface area contributed by atoms with Crippen LogP contribution in [-0.2, 0) is 14.3 Å². The molecule has 0 bridgehead atoms. The number of hydrogen-bond acceptors (Lipinski definition) is 4. The molecule has 0 heterocycles. The summed E-state index contributed by atoms with van der Waals surface area (Å²) in [7, 11) is 1.67. The first-order valence-electron chi connectivity index (χ1n) is 17.5. The Hall–Kier alpha value is -2.30. The Balaban J connectivity index is 1.37. The molecule has 0 spiro atoms. The lowest BCUT2D eigenvalue weighted by Crippen LogP contribution is -2.65. The van der Waals surface area contributed by atoms with Crippen LogP contribution in [0.2, 0.25) is 0 Å². The standard InChI is InChI=1S/C39H57NO4/c1-24-15-20-39(34(42)40-27-11-10-12-28(23-27)43-9)22-21-37(7)29(33(39)25(24)2)13-14-31-36(6)18-17-32(44-26(3)41)35(4,5)30(36)16-19-38(31,37)8/h10-13,23-25,30-33H,14-22H2,1-9H3,(H,40,42)/t24-,25+,30+,31-,32+,33+,36+,37-,38-,39+/m1/s1. The molecular weight excluding hydrogens is 546 g/mol. The van der Waals surface area contributed by atoms with Crippen molar-refractivity contribution >= 4 is 17.6 Å². The first-order valence-corrected chi connectivity index (χ1v) is 17.5. The van der Waals surface area contributed by atoms with Crippen LogP contribution in [0.3, 0.4) is 0 Å². The smallest absolute Gasteiger partial charge is 0.302 e. The van der Waals surface area contributed by atoms with Gasteiger partial charge in [-0.2, -0.15) is 0 Å². The minimum absolute atomic E-state index is 0.00400. The summed E-state index contributed by atoms with van der Waals surface area (Å²) >= 11 is 0. The van der Waals surface area contributed by atoms with E-state index in [1.807, 2.05) is 24.3 Å². The highest BCUT2D eigenvalue weighted by Crippen LogP contribution is 2.76. The lowest BCUT2D eigenvalue weighted by Gasteiger charge is -2.71. The summed E-state index contributed by atoms with van der Waals surface area (Å²) in [6.07, 6.45) is 12.2. The van der Waals surface area contributed by atoms with E-state index in [9.17, 15) is 9.59 Å². The molecule has 4 saturated carbocycles. The van der Waals surface area contributed by atoms with Gasteiger partial charge in [-0.25, -0.2) is 0 Å². The second-order valence-corrected chi connectivity index (χ2v) is 16.9. The van der Waals surface area contributed by atoms with Crippen LogP contribution in [0.1, 0.15) is 113 Å². The fourth-order valence-electron chi connectivity index (χ4n) is 12.2. The third-order valence-electron chi connectivity index (χ3n) is 15.0. The Morgan fingerprint density at radius 2 is 1.66 bits per heavy atom. The summed E-state index contributed by atoms with van der Waals surface area (Å²) in [4.78, 5) is 26.5. The second kappa shape index (κ2) is 10.6. The van der Waals surface area contributed by atoms with E-state index in [4.69, 9.17) is 9.47 Å². The van der Waals surface area contributed by atoms with Crippen molar-refractivity contribution in [3.8, 4) is 5.75 Å². The van der Waals surface area contributed by atoms with E-state index < -0.39 is 0 Å². The molecule has 1 aromatic rings. The first kappa shape index (κ1) is 31.7. The van der Waals surface area contributed by atoms with Crippen LogP contribution in [0.5, 0.6) is 5.75 Å². The maximum Gasteiger partial charge on any atom is 0.302 e. The summed E-state index contributed by atoms with van der Waals surface area (Å²) in [5, 5.41) is 3.37. The second-order valence-electron chi connectivity index (χ2n) is 16.9. The first-order chi connectivity index (χ1) is 20.6. The Labute approximate surface area is 266 Å². The number of carbonyl (C=O) groups is 2. The zero-order valence-electron chi connectivity index (χ0n) is 28.8. The van der Waals surface area contributed by atoms with Crippen molar-refractivity contribution in [3.05, 3.63) is 35.9 Å². The molecule has 0 aliphatic heterocycles. The van der Waals surface area contributed by atoms with Crippen molar-refractivity contribution in [2.75, 3.05) is 12.4 Å². The summed E-state index contributed by atoms with van der Waals surface area (Å²) < 4.78 is 11.4. The molecular formula is C39H57NO4. The largest absolute Gasteiger partial charge is 0.497 e. The number of carbonyl (C=O) groups excluding carboxylic acids is 2. The van der Waals surface area contributed by atoms with Gasteiger partial charge in [-0.3, -0.25) is 9.59 Å². The molecule has 0 unspecified atom stereocenters. The summed E-state index contributed by atoms with van der Waals surface area (Å²) in [5.74, 6) is 3.22. The zero-order chi connectivity index (χ0) is 31.9. The van der Waals surface area contributed by atoms with Crippen molar-refractivity contribution in [2.45, 2.75) is 119 Å². The van der Waals surface area contributed by atoms with Crippen molar-refractivity contribution in [1.82, 2.24) is 0 Å². The third kappa shape index (κ3) is 4.37. The van der Waals surface area contributed by atoms with Crippen molar-refractivity contribution in [3.63, 3.8) is 0 Å². The van der Waals surface area contributed by atoms with Crippen LogP contribution in [0, 0.1) is 56.7 Å². The monoisotopic (exact) mass is 603 g/mol. The van der Waals surface area contributed by atoms with Crippen LogP contribution in [-0.4, -0.2) is 25.1 Å². The van der Waals surface area contributed by atoms with E-state index in [2.05, 4.69) is 59.9 Å². The Bertz CT molecular complexity index is 1350. The number of methoxy groups -OCH3 is 1. The van der Waals surface area contributed by atoms with E-state index >= 15 is 0 Å². The molecule has 0 radical (unpaired) electrons. The van der Waals surface area contributed by atoms with Gasteiger partial charge in [0.15, 0.2) is 0 Å². The fourth-order valence-corrected chi connectivity index (χ4v) is 12.2. The number of rotatable bonds is 4. The highest BCUT2D eigenvalue weighted by atomic mass is 16.5. The summed E-state index contributed by atoms with van der Waals surface area (Å²) in [6, 6.07) is 7.80. The summed E-state index contributed by atoms with van der Waals surface area (Å²) in [6.45, 7) is 18.9. The molecule has 1 N–H and O–H groups in total. The normalized spacial score (nSPS) is 44.1. The number of nitrogens with one attached hydrogen (secondary N) is 1. The van der Waals surface area contributed by atoms with Gasteiger partial charge in [-0.1, -0.05) is 66.2 Å². The van der Waals surface area contributed by atoms with Gasteiger partial charge >= 0.3 is 5.97 Å². The highest BCUT2D eigenvalue weighted by molar-refractivity contribution is 5.96.